The zero-order valence-corrected chi connectivity index (χ0v) is 39.6. The first-order valence-corrected chi connectivity index (χ1v) is 24.7. The van der Waals surface area contributed by atoms with Gasteiger partial charge >= 0.3 is 0 Å². The SMILES string of the molecule is CC1(C)c2ccccc2-c2ccc(N(c3ccc4c(c3)C(c3ccccc3)(c3ccccc3)c3ccccc3-4)c3ccc4cccc5c4c3Oc3cc(N(c4ccccc4)c4ccccc4)ccc3-5)cc21. The molecule has 0 bridgehead atoms. The second-order valence-electron chi connectivity index (χ2n) is 19.6. The zero-order chi connectivity index (χ0) is 47.3. The minimum absolute atomic E-state index is 0.205. The molecule has 0 saturated carbocycles. The summed E-state index contributed by atoms with van der Waals surface area (Å²) in [6, 6.07) is 93.3. The third kappa shape index (κ3) is 6.09. The van der Waals surface area contributed by atoms with Crippen molar-refractivity contribution >= 4 is 44.9 Å². The van der Waals surface area contributed by atoms with Gasteiger partial charge in [0.05, 0.1) is 11.1 Å². The fourth-order valence-corrected chi connectivity index (χ4v) is 12.3. The van der Waals surface area contributed by atoms with Crippen molar-refractivity contribution in [1.29, 1.82) is 0 Å². The normalized spacial score (nSPS) is 13.8. The summed E-state index contributed by atoms with van der Waals surface area (Å²) in [5.74, 6) is 1.65. The van der Waals surface area contributed by atoms with Crippen molar-refractivity contribution in [3.63, 3.8) is 0 Å². The molecule has 11 aromatic rings. The molecule has 3 heteroatoms. The van der Waals surface area contributed by atoms with Crippen molar-refractivity contribution < 1.29 is 4.74 Å². The maximum atomic E-state index is 7.51. The van der Waals surface area contributed by atoms with Crippen LogP contribution in [0.3, 0.4) is 0 Å². The van der Waals surface area contributed by atoms with E-state index >= 15 is 0 Å². The van der Waals surface area contributed by atoms with Gasteiger partial charge in [-0.2, -0.15) is 0 Å². The zero-order valence-electron chi connectivity index (χ0n) is 39.6. The Kier molecular flexibility index (Phi) is 9.15. The molecular weight excluding hydrogens is 861 g/mol. The first-order chi connectivity index (χ1) is 35.0. The van der Waals surface area contributed by atoms with Crippen LogP contribution in [-0.2, 0) is 10.8 Å². The van der Waals surface area contributed by atoms with Gasteiger partial charge in [0.1, 0.15) is 5.75 Å². The van der Waals surface area contributed by atoms with Crippen molar-refractivity contribution in [3.05, 3.63) is 288 Å². The maximum Gasteiger partial charge on any atom is 0.159 e. The van der Waals surface area contributed by atoms with E-state index in [4.69, 9.17) is 4.74 Å². The van der Waals surface area contributed by atoms with E-state index in [0.29, 0.717) is 0 Å². The van der Waals surface area contributed by atoms with E-state index in [1.165, 1.54) is 55.6 Å². The number of rotatable bonds is 8. The van der Waals surface area contributed by atoms with Crippen molar-refractivity contribution in [2.45, 2.75) is 24.7 Å². The van der Waals surface area contributed by atoms with Crippen LogP contribution in [0.4, 0.5) is 34.1 Å². The molecule has 336 valence electrons. The molecule has 0 unspecified atom stereocenters. The highest BCUT2D eigenvalue weighted by Gasteiger charge is 2.46. The number of hydrogen-bond acceptors (Lipinski definition) is 3. The highest BCUT2D eigenvalue weighted by atomic mass is 16.5. The van der Waals surface area contributed by atoms with Crippen LogP contribution in [0.1, 0.15) is 47.2 Å². The van der Waals surface area contributed by atoms with E-state index in [1.54, 1.807) is 0 Å². The first-order valence-electron chi connectivity index (χ1n) is 24.7. The molecular formula is C68H48N2O. The van der Waals surface area contributed by atoms with Gasteiger partial charge in [0, 0.05) is 50.9 Å². The third-order valence-corrected chi connectivity index (χ3v) is 15.5. The van der Waals surface area contributed by atoms with Crippen molar-refractivity contribution in [3.8, 4) is 44.9 Å². The van der Waals surface area contributed by atoms with Crippen molar-refractivity contribution in [2.75, 3.05) is 9.80 Å². The lowest BCUT2D eigenvalue weighted by molar-refractivity contribution is 0.488. The molecule has 2 aliphatic carbocycles. The predicted molar refractivity (Wildman–Crippen MR) is 294 cm³/mol. The Morgan fingerprint density at radius 3 is 1.44 bits per heavy atom. The van der Waals surface area contributed by atoms with E-state index in [0.717, 1.165) is 67.5 Å². The lowest BCUT2D eigenvalue weighted by Crippen LogP contribution is -2.28. The lowest BCUT2D eigenvalue weighted by atomic mass is 9.67. The van der Waals surface area contributed by atoms with Crippen LogP contribution in [-0.4, -0.2) is 0 Å². The monoisotopic (exact) mass is 908 g/mol. The van der Waals surface area contributed by atoms with Gasteiger partial charge in [0.2, 0.25) is 0 Å². The Bertz CT molecular complexity index is 3800. The molecule has 0 radical (unpaired) electrons. The fraction of sp³-hybridized carbons (Fsp3) is 0.0588. The van der Waals surface area contributed by atoms with Crippen LogP contribution in [0.25, 0.3) is 44.2 Å². The van der Waals surface area contributed by atoms with Gasteiger partial charge in [0.25, 0.3) is 0 Å². The Labute approximate surface area is 415 Å². The van der Waals surface area contributed by atoms with Crippen LogP contribution in [0.15, 0.2) is 255 Å². The quantitative estimate of drug-likeness (QED) is 0.151. The molecule has 11 aromatic carbocycles. The Hall–Kier alpha value is -8.92. The summed E-state index contributed by atoms with van der Waals surface area (Å²) in [6.07, 6.45) is 0. The molecule has 3 aliphatic rings. The highest BCUT2D eigenvalue weighted by molar-refractivity contribution is 6.09. The fourth-order valence-electron chi connectivity index (χ4n) is 12.3. The summed E-state index contributed by atoms with van der Waals surface area (Å²) in [5.41, 5.74) is 20.5. The van der Waals surface area contributed by atoms with Gasteiger partial charge in [-0.15, -0.1) is 0 Å². The average molecular weight is 909 g/mol. The lowest BCUT2D eigenvalue weighted by Gasteiger charge is -2.35. The van der Waals surface area contributed by atoms with E-state index in [9.17, 15) is 0 Å². The van der Waals surface area contributed by atoms with Gasteiger partial charge in [-0.3, -0.25) is 0 Å². The minimum atomic E-state index is -0.572. The predicted octanol–water partition coefficient (Wildman–Crippen LogP) is 18.2. The molecule has 0 atom stereocenters. The summed E-state index contributed by atoms with van der Waals surface area (Å²) in [5, 5.41) is 2.23. The number of fused-ring (bicyclic) bond motifs is 8. The Morgan fingerprint density at radius 1 is 0.324 bits per heavy atom. The number of benzene rings is 11. The van der Waals surface area contributed by atoms with Gasteiger partial charge in [0.15, 0.2) is 5.75 Å². The molecule has 71 heavy (non-hydrogen) atoms. The van der Waals surface area contributed by atoms with Crippen LogP contribution < -0.4 is 14.5 Å². The summed E-state index contributed by atoms with van der Waals surface area (Å²) < 4.78 is 7.51. The summed E-state index contributed by atoms with van der Waals surface area (Å²) in [4.78, 5) is 4.76. The topological polar surface area (TPSA) is 15.7 Å². The summed E-state index contributed by atoms with van der Waals surface area (Å²) in [7, 11) is 0. The maximum absolute atomic E-state index is 7.51. The molecule has 1 heterocycles. The van der Waals surface area contributed by atoms with Crippen LogP contribution in [0, 0.1) is 0 Å². The smallest absolute Gasteiger partial charge is 0.159 e. The van der Waals surface area contributed by atoms with E-state index < -0.39 is 5.41 Å². The summed E-state index contributed by atoms with van der Waals surface area (Å²) >= 11 is 0. The molecule has 0 aromatic heterocycles. The standard InChI is InChI=1S/C68H48N2O/c1-67(2)59-32-17-15-29-53(59)55-38-35-50(42-61(55)67)70(51-36-39-56-54-30-16-18-33-60(54)68(62(56)43-51,46-21-7-3-8-22-46)47-23-9-4-10-24-47)63-41-34-45-20-19-31-58-57-40-37-52(44-64(57)71-66(63)65(45)58)69(48-25-11-5-12-26-48)49-27-13-6-14-28-49/h3-44H,1-2H3. The molecule has 0 fully saturated rings. The minimum Gasteiger partial charge on any atom is -0.454 e. The molecule has 0 saturated heterocycles. The number of nitrogens with zero attached hydrogens (tertiary/aromatic N) is 2. The van der Waals surface area contributed by atoms with Crippen LogP contribution >= 0.6 is 0 Å². The van der Waals surface area contributed by atoms with Crippen LogP contribution in [0.5, 0.6) is 11.5 Å². The largest absolute Gasteiger partial charge is 0.454 e. The number of anilines is 6. The van der Waals surface area contributed by atoms with E-state index in [2.05, 4.69) is 278 Å². The van der Waals surface area contributed by atoms with Gasteiger partial charge in [-0.1, -0.05) is 196 Å². The summed E-state index contributed by atoms with van der Waals surface area (Å²) in [6.45, 7) is 4.73. The van der Waals surface area contributed by atoms with E-state index in [1.807, 2.05) is 0 Å². The number of para-hydroxylation sites is 2. The molecule has 1 aliphatic heterocycles. The molecule has 0 amide bonds. The second-order valence-corrected chi connectivity index (χ2v) is 19.6. The third-order valence-electron chi connectivity index (χ3n) is 15.5. The van der Waals surface area contributed by atoms with Gasteiger partial charge < -0.3 is 14.5 Å². The number of hydrogen-bond donors (Lipinski definition) is 0. The Morgan fingerprint density at radius 2 is 0.803 bits per heavy atom. The molecule has 0 N–H and O–H groups in total. The average Bonchev–Trinajstić information content (AvgIpc) is 3.85. The number of ether oxygens (including phenoxy) is 1. The first kappa shape index (κ1) is 41.1. The van der Waals surface area contributed by atoms with E-state index in [-0.39, 0.29) is 5.41 Å². The Balaban J connectivity index is 1.02. The van der Waals surface area contributed by atoms with Crippen molar-refractivity contribution in [1.82, 2.24) is 0 Å². The molecule has 14 rings (SSSR count). The molecule has 3 nitrogen and oxygen atoms in total. The van der Waals surface area contributed by atoms with Crippen molar-refractivity contribution in [2.24, 2.45) is 0 Å². The molecule has 0 spiro atoms. The van der Waals surface area contributed by atoms with Crippen LogP contribution in [0.2, 0.25) is 0 Å². The van der Waals surface area contributed by atoms with Gasteiger partial charge in [-0.05, 0) is 133 Å². The van der Waals surface area contributed by atoms with Gasteiger partial charge in [-0.25, -0.2) is 0 Å². The second kappa shape index (κ2) is 15.8. The highest BCUT2D eigenvalue weighted by Crippen LogP contribution is 2.60.